The lowest BCUT2D eigenvalue weighted by atomic mass is 9.90. The van der Waals surface area contributed by atoms with E-state index in [1.807, 2.05) is 50.2 Å². The van der Waals surface area contributed by atoms with Gasteiger partial charge in [0.05, 0.1) is 6.04 Å². The third-order valence-electron chi connectivity index (χ3n) is 6.44. The van der Waals surface area contributed by atoms with Crippen molar-refractivity contribution in [3.8, 4) is 0 Å². The maximum Gasteiger partial charge on any atom is 0.409 e. The molecule has 0 spiro atoms. The predicted octanol–water partition coefficient (Wildman–Crippen LogP) is 4.47. The van der Waals surface area contributed by atoms with Gasteiger partial charge in [0.25, 0.3) is 0 Å². The first-order valence-electron chi connectivity index (χ1n) is 10.8. The Morgan fingerprint density at radius 3 is 1.91 bits per heavy atom. The molecule has 0 aromatic heterocycles. The molecule has 7 nitrogen and oxygen atoms in total. The van der Waals surface area contributed by atoms with E-state index in [-0.39, 0.29) is 43.8 Å². The van der Waals surface area contributed by atoms with Gasteiger partial charge < -0.3 is 5.11 Å². The van der Waals surface area contributed by atoms with Crippen LogP contribution in [0.2, 0.25) is 10.0 Å². The summed E-state index contributed by atoms with van der Waals surface area (Å²) in [5, 5.41) is 11.0. The zero-order valence-electron chi connectivity index (χ0n) is 18.4. The molecule has 3 amide bonds. The Hall–Kier alpha value is -2.61. The van der Waals surface area contributed by atoms with Crippen LogP contribution in [-0.4, -0.2) is 63.5 Å². The molecule has 0 radical (unpaired) electrons. The molecule has 0 saturated carbocycles. The van der Waals surface area contributed by atoms with Gasteiger partial charge in [-0.05, 0) is 60.4 Å². The molecule has 2 aromatic rings. The maximum atomic E-state index is 12.5. The average molecular weight is 490 g/mol. The number of halogens is 2. The van der Waals surface area contributed by atoms with E-state index in [1.54, 1.807) is 0 Å². The second-order valence-corrected chi connectivity index (χ2v) is 9.39. The van der Waals surface area contributed by atoms with Gasteiger partial charge in [0.1, 0.15) is 6.17 Å². The number of benzene rings is 2. The van der Waals surface area contributed by atoms with Crippen molar-refractivity contribution in [3.05, 3.63) is 68.7 Å². The first kappa shape index (κ1) is 23.5. The van der Waals surface area contributed by atoms with Crippen LogP contribution >= 0.6 is 23.2 Å². The number of piperazine rings is 1. The van der Waals surface area contributed by atoms with Gasteiger partial charge in [0.2, 0.25) is 11.8 Å². The zero-order valence-corrected chi connectivity index (χ0v) is 19.9. The van der Waals surface area contributed by atoms with Gasteiger partial charge >= 0.3 is 6.09 Å². The Morgan fingerprint density at radius 2 is 1.45 bits per heavy atom. The van der Waals surface area contributed by atoms with E-state index >= 15 is 0 Å². The largest absolute Gasteiger partial charge is 0.465 e. The summed E-state index contributed by atoms with van der Waals surface area (Å²) >= 11 is 12.4. The second kappa shape index (κ2) is 9.33. The van der Waals surface area contributed by atoms with Crippen molar-refractivity contribution in [2.24, 2.45) is 0 Å². The fraction of sp³-hybridized carbons (Fsp3) is 0.375. The number of rotatable bonds is 4. The third kappa shape index (κ3) is 4.58. The van der Waals surface area contributed by atoms with E-state index < -0.39 is 12.3 Å². The highest BCUT2D eigenvalue weighted by atomic mass is 35.5. The van der Waals surface area contributed by atoms with Crippen LogP contribution < -0.4 is 0 Å². The Labute approximate surface area is 202 Å². The Balaban J connectivity index is 1.79. The number of carboxylic acid groups (broad SMARTS) is 1. The number of nitrogens with zero attached hydrogens (tertiary/aromatic N) is 3. The van der Waals surface area contributed by atoms with Crippen molar-refractivity contribution in [2.45, 2.75) is 38.9 Å². The topological polar surface area (TPSA) is 81.2 Å². The van der Waals surface area contributed by atoms with E-state index in [2.05, 4.69) is 4.90 Å². The molecule has 2 fully saturated rings. The van der Waals surface area contributed by atoms with E-state index in [0.29, 0.717) is 16.6 Å². The fourth-order valence-corrected chi connectivity index (χ4v) is 5.30. The molecule has 2 saturated heterocycles. The number of imide groups is 1. The molecule has 1 unspecified atom stereocenters. The highest BCUT2D eigenvalue weighted by Crippen LogP contribution is 2.37. The van der Waals surface area contributed by atoms with Gasteiger partial charge in [-0.25, -0.2) is 4.79 Å². The monoisotopic (exact) mass is 489 g/mol. The van der Waals surface area contributed by atoms with Crippen molar-refractivity contribution in [1.82, 2.24) is 14.7 Å². The van der Waals surface area contributed by atoms with Crippen LogP contribution in [0.25, 0.3) is 0 Å². The summed E-state index contributed by atoms with van der Waals surface area (Å²) in [6.07, 6.45) is -1.80. The molecular formula is C24H25Cl2N3O4. The molecule has 9 heteroatoms. The number of amides is 3. The highest BCUT2D eigenvalue weighted by Gasteiger charge is 2.44. The SMILES string of the molecule is Cc1cc(Cl)ccc1C(c1ccc(Cl)cc1C)N1CCN(C(=O)O)C(N2C(=O)CCC2=O)C1. The molecule has 33 heavy (non-hydrogen) atoms. The summed E-state index contributed by atoms with van der Waals surface area (Å²) in [5.74, 6) is -0.667. The lowest BCUT2D eigenvalue weighted by molar-refractivity contribution is -0.147. The molecular weight excluding hydrogens is 465 g/mol. The number of hydrogen-bond donors (Lipinski definition) is 1. The van der Waals surface area contributed by atoms with E-state index in [4.69, 9.17) is 23.2 Å². The number of likely N-dealkylation sites (tertiary alicyclic amines) is 1. The normalized spacial score (nSPS) is 19.6. The summed E-state index contributed by atoms with van der Waals surface area (Å²) in [5.41, 5.74) is 4.03. The summed E-state index contributed by atoms with van der Waals surface area (Å²) in [6.45, 7) is 4.79. The van der Waals surface area contributed by atoms with Gasteiger partial charge in [-0.2, -0.15) is 0 Å². The predicted molar refractivity (Wildman–Crippen MR) is 125 cm³/mol. The van der Waals surface area contributed by atoms with Crippen molar-refractivity contribution in [1.29, 1.82) is 0 Å². The van der Waals surface area contributed by atoms with Crippen molar-refractivity contribution in [2.75, 3.05) is 19.6 Å². The van der Waals surface area contributed by atoms with Gasteiger partial charge in [-0.3, -0.25) is 24.3 Å². The Morgan fingerprint density at radius 1 is 0.939 bits per heavy atom. The molecule has 0 bridgehead atoms. The molecule has 0 aliphatic carbocycles. The lowest BCUT2D eigenvalue weighted by Crippen LogP contribution is -2.63. The summed E-state index contributed by atoms with van der Waals surface area (Å²) in [4.78, 5) is 41.4. The van der Waals surface area contributed by atoms with Gasteiger partial charge in [-0.15, -0.1) is 0 Å². The molecule has 174 valence electrons. The minimum absolute atomic E-state index is 0.110. The molecule has 2 aromatic carbocycles. The van der Waals surface area contributed by atoms with Gasteiger partial charge in [-0.1, -0.05) is 35.3 Å². The van der Waals surface area contributed by atoms with Crippen LogP contribution in [0, 0.1) is 13.8 Å². The van der Waals surface area contributed by atoms with Crippen LogP contribution in [-0.2, 0) is 9.59 Å². The smallest absolute Gasteiger partial charge is 0.409 e. The average Bonchev–Trinajstić information content (AvgIpc) is 3.08. The minimum atomic E-state index is -1.14. The molecule has 2 aliphatic heterocycles. The quantitative estimate of drug-likeness (QED) is 0.640. The van der Waals surface area contributed by atoms with Crippen molar-refractivity contribution < 1.29 is 19.5 Å². The van der Waals surface area contributed by atoms with E-state index in [1.165, 1.54) is 4.90 Å². The van der Waals surface area contributed by atoms with Crippen molar-refractivity contribution in [3.63, 3.8) is 0 Å². The standard InChI is InChI=1S/C24H25Cl2N3O4/c1-14-11-16(25)3-5-18(14)23(19-6-4-17(26)12-15(19)2)27-9-10-28(24(32)33)20(13-27)29-21(30)7-8-22(29)31/h3-6,11-12,20,23H,7-10,13H2,1-2H3,(H,32,33). The van der Waals surface area contributed by atoms with Crippen LogP contribution in [0.1, 0.15) is 41.1 Å². The van der Waals surface area contributed by atoms with Gasteiger partial charge in [0, 0.05) is 42.5 Å². The van der Waals surface area contributed by atoms with Crippen LogP contribution in [0.5, 0.6) is 0 Å². The third-order valence-corrected chi connectivity index (χ3v) is 6.91. The van der Waals surface area contributed by atoms with Gasteiger partial charge in [0.15, 0.2) is 0 Å². The number of aryl methyl sites for hydroxylation is 2. The van der Waals surface area contributed by atoms with Crippen LogP contribution in [0.15, 0.2) is 36.4 Å². The second-order valence-electron chi connectivity index (χ2n) is 8.51. The summed E-state index contributed by atoms with van der Waals surface area (Å²) < 4.78 is 0. The highest BCUT2D eigenvalue weighted by molar-refractivity contribution is 6.31. The minimum Gasteiger partial charge on any atom is -0.465 e. The van der Waals surface area contributed by atoms with Crippen molar-refractivity contribution >= 4 is 41.1 Å². The molecule has 1 N–H and O–H groups in total. The van der Waals surface area contributed by atoms with E-state index in [9.17, 15) is 19.5 Å². The molecule has 2 heterocycles. The first-order chi connectivity index (χ1) is 15.7. The van der Waals surface area contributed by atoms with Crippen LogP contribution in [0.4, 0.5) is 4.79 Å². The first-order valence-corrected chi connectivity index (χ1v) is 11.5. The lowest BCUT2D eigenvalue weighted by Gasteiger charge is -2.46. The zero-order chi connectivity index (χ0) is 23.9. The molecule has 2 aliphatic rings. The Bertz CT molecular complexity index is 1060. The summed E-state index contributed by atoms with van der Waals surface area (Å²) in [6, 6.07) is 11.2. The number of hydrogen-bond acceptors (Lipinski definition) is 4. The number of carbonyl (C=O) groups is 3. The Kier molecular flexibility index (Phi) is 6.66. The maximum absolute atomic E-state index is 12.5. The molecule has 4 rings (SSSR count). The van der Waals surface area contributed by atoms with E-state index in [0.717, 1.165) is 27.2 Å². The molecule has 1 atom stereocenters. The fourth-order valence-electron chi connectivity index (χ4n) is 4.84. The summed E-state index contributed by atoms with van der Waals surface area (Å²) in [7, 11) is 0. The number of carbonyl (C=O) groups excluding carboxylic acids is 2. The van der Waals surface area contributed by atoms with Crippen LogP contribution in [0.3, 0.4) is 0 Å².